The van der Waals surface area contributed by atoms with Gasteiger partial charge in [-0.2, -0.15) is 17.6 Å². The summed E-state index contributed by atoms with van der Waals surface area (Å²) in [7, 11) is 0. The predicted octanol–water partition coefficient (Wildman–Crippen LogP) is 3.04. The fourth-order valence-corrected chi connectivity index (χ4v) is 3.06. The third kappa shape index (κ3) is 1.69. The average Bonchev–Trinajstić information content (AvgIpc) is 2.80. The summed E-state index contributed by atoms with van der Waals surface area (Å²) in [6, 6.07) is 3.00. The van der Waals surface area contributed by atoms with Gasteiger partial charge in [0.1, 0.15) is 5.41 Å². The van der Waals surface area contributed by atoms with Crippen molar-refractivity contribution in [1.82, 2.24) is 4.90 Å². The van der Waals surface area contributed by atoms with Gasteiger partial charge in [0, 0.05) is 18.7 Å². The summed E-state index contributed by atoms with van der Waals surface area (Å²) in [6.45, 7) is -0.487. The SMILES string of the molecule is O=C(c1ccc(O)c(F)c1)N1CCC2(CC1)C(F)(F)C2(F)F. The minimum Gasteiger partial charge on any atom is -0.505 e. The number of rotatable bonds is 1. The molecule has 1 heterocycles. The zero-order valence-corrected chi connectivity index (χ0v) is 11.3. The van der Waals surface area contributed by atoms with Crippen LogP contribution in [0.3, 0.4) is 0 Å². The number of carbonyl (C=O) groups excluding carboxylic acids is 1. The highest BCUT2D eigenvalue weighted by Gasteiger charge is 2.95. The largest absolute Gasteiger partial charge is 0.505 e. The summed E-state index contributed by atoms with van der Waals surface area (Å²) in [5.41, 5.74) is -2.42. The van der Waals surface area contributed by atoms with Crippen molar-refractivity contribution in [2.75, 3.05) is 13.1 Å². The van der Waals surface area contributed by atoms with E-state index in [0.717, 1.165) is 17.0 Å². The van der Waals surface area contributed by atoms with E-state index in [0.29, 0.717) is 0 Å². The van der Waals surface area contributed by atoms with E-state index in [2.05, 4.69) is 0 Å². The van der Waals surface area contributed by atoms with Crippen LogP contribution in [0.15, 0.2) is 18.2 Å². The van der Waals surface area contributed by atoms with Crippen LogP contribution in [0.2, 0.25) is 0 Å². The Morgan fingerprint density at radius 3 is 2.09 bits per heavy atom. The summed E-state index contributed by atoms with van der Waals surface area (Å²) >= 11 is 0. The Kier molecular flexibility index (Phi) is 2.96. The number of halogens is 5. The fourth-order valence-electron chi connectivity index (χ4n) is 3.06. The number of hydrogen-bond donors (Lipinski definition) is 1. The highest BCUT2D eigenvalue weighted by molar-refractivity contribution is 5.94. The van der Waals surface area contributed by atoms with E-state index in [-0.39, 0.29) is 18.7 Å². The van der Waals surface area contributed by atoms with Crippen LogP contribution in [0.25, 0.3) is 0 Å². The Morgan fingerprint density at radius 2 is 1.64 bits per heavy atom. The second-order valence-corrected chi connectivity index (χ2v) is 5.69. The lowest BCUT2D eigenvalue weighted by atomic mass is 9.91. The Balaban J connectivity index is 1.72. The highest BCUT2D eigenvalue weighted by atomic mass is 19.3. The van der Waals surface area contributed by atoms with E-state index in [9.17, 15) is 26.7 Å². The molecule has 1 saturated carbocycles. The van der Waals surface area contributed by atoms with E-state index in [1.165, 1.54) is 6.07 Å². The maximum absolute atomic E-state index is 13.3. The molecule has 1 aromatic rings. The van der Waals surface area contributed by atoms with Crippen LogP contribution < -0.4 is 0 Å². The van der Waals surface area contributed by atoms with Crippen LogP contribution >= 0.6 is 0 Å². The zero-order valence-electron chi connectivity index (χ0n) is 11.3. The number of benzene rings is 1. The number of amides is 1. The number of phenols is 1. The van der Waals surface area contributed by atoms with Gasteiger partial charge in [-0.15, -0.1) is 0 Å². The van der Waals surface area contributed by atoms with Crippen molar-refractivity contribution in [2.24, 2.45) is 5.41 Å². The Bertz CT molecular complexity index is 622. The fraction of sp³-hybridized carbons (Fsp3) is 0.500. The Hall–Kier alpha value is -1.86. The van der Waals surface area contributed by atoms with Gasteiger partial charge in [0.2, 0.25) is 0 Å². The van der Waals surface area contributed by atoms with Gasteiger partial charge in [-0.05, 0) is 31.0 Å². The van der Waals surface area contributed by atoms with Crippen LogP contribution in [0.1, 0.15) is 23.2 Å². The summed E-state index contributed by atoms with van der Waals surface area (Å²) in [5.74, 6) is -10.3. The molecule has 0 radical (unpaired) electrons. The average molecular weight is 321 g/mol. The van der Waals surface area contributed by atoms with E-state index >= 15 is 0 Å². The van der Waals surface area contributed by atoms with Crippen LogP contribution in [-0.4, -0.2) is 40.8 Å². The molecule has 3 rings (SSSR count). The summed E-state index contributed by atoms with van der Waals surface area (Å²) in [6.07, 6.45) is -1.00. The zero-order chi connectivity index (χ0) is 16.3. The molecule has 0 unspecified atom stereocenters. The molecule has 0 aromatic heterocycles. The molecule has 8 heteroatoms. The van der Waals surface area contributed by atoms with Gasteiger partial charge in [-0.1, -0.05) is 0 Å². The van der Waals surface area contributed by atoms with Crippen molar-refractivity contribution in [3.05, 3.63) is 29.6 Å². The number of phenolic OH excluding ortho intramolecular Hbond substituents is 1. The normalized spacial score (nSPS) is 24.3. The number of nitrogens with zero attached hydrogens (tertiary/aromatic N) is 1. The summed E-state index contributed by atoms with van der Waals surface area (Å²) in [5, 5.41) is 9.06. The minimum absolute atomic E-state index is 0.0689. The molecule has 22 heavy (non-hydrogen) atoms. The molecule has 1 aliphatic carbocycles. The first-order valence-electron chi connectivity index (χ1n) is 6.67. The van der Waals surface area contributed by atoms with E-state index < -0.39 is 47.6 Å². The number of carbonyl (C=O) groups is 1. The minimum atomic E-state index is -4.03. The quantitative estimate of drug-likeness (QED) is 0.808. The topological polar surface area (TPSA) is 40.5 Å². The molecule has 1 saturated heterocycles. The molecule has 3 nitrogen and oxygen atoms in total. The summed E-state index contributed by atoms with van der Waals surface area (Å²) in [4.78, 5) is 13.3. The van der Waals surface area contributed by atoms with Crippen LogP contribution in [-0.2, 0) is 0 Å². The lowest BCUT2D eigenvalue weighted by molar-refractivity contribution is -0.0278. The van der Waals surface area contributed by atoms with Gasteiger partial charge in [0.25, 0.3) is 5.91 Å². The summed E-state index contributed by atoms with van der Waals surface area (Å²) < 4.78 is 66.3. The molecular formula is C14H12F5NO2. The van der Waals surface area contributed by atoms with E-state index in [4.69, 9.17) is 5.11 Å². The first-order chi connectivity index (χ1) is 10.1. The molecule has 1 spiro atoms. The Labute approximate surface area is 122 Å². The smallest absolute Gasteiger partial charge is 0.322 e. The highest BCUT2D eigenvalue weighted by Crippen LogP contribution is 2.76. The van der Waals surface area contributed by atoms with Gasteiger partial charge >= 0.3 is 11.8 Å². The maximum Gasteiger partial charge on any atom is 0.322 e. The van der Waals surface area contributed by atoms with Crippen molar-refractivity contribution in [1.29, 1.82) is 0 Å². The molecular weight excluding hydrogens is 309 g/mol. The maximum atomic E-state index is 13.3. The predicted molar refractivity (Wildman–Crippen MR) is 65.5 cm³/mol. The molecule has 1 aromatic carbocycles. The molecule has 2 aliphatic rings. The molecule has 0 bridgehead atoms. The third-order valence-corrected chi connectivity index (χ3v) is 4.63. The first-order valence-corrected chi connectivity index (χ1v) is 6.67. The second kappa shape index (κ2) is 4.33. The molecule has 120 valence electrons. The van der Waals surface area contributed by atoms with Crippen molar-refractivity contribution < 1.29 is 31.9 Å². The van der Waals surface area contributed by atoms with Gasteiger partial charge in [0.15, 0.2) is 11.6 Å². The van der Waals surface area contributed by atoms with E-state index in [1.807, 2.05) is 0 Å². The van der Waals surface area contributed by atoms with Crippen LogP contribution in [0.5, 0.6) is 5.75 Å². The molecule has 1 N–H and O–H groups in total. The molecule has 1 amide bonds. The number of aromatic hydroxyl groups is 1. The second-order valence-electron chi connectivity index (χ2n) is 5.69. The standard InChI is InChI=1S/C14H12F5NO2/c15-9-7-8(1-2-10(9)21)11(22)20-5-3-12(4-6-20)13(16,17)14(12,18)19/h1-2,7,21H,3-6H2. The molecule has 2 fully saturated rings. The van der Waals surface area contributed by atoms with Gasteiger partial charge in [-0.3, -0.25) is 4.79 Å². The van der Waals surface area contributed by atoms with Gasteiger partial charge in [0.05, 0.1) is 0 Å². The number of alkyl halides is 4. The van der Waals surface area contributed by atoms with E-state index in [1.54, 1.807) is 0 Å². The Morgan fingerprint density at radius 1 is 1.09 bits per heavy atom. The molecule has 1 aliphatic heterocycles. The van der Waals surface area contributed by atoms with Crippen LogP contribution in [0, 0.1) is 11.2 Å². The monoisotopic (exact) mass is 321 g/mol. The van der Waals surface area contributed by atoms with Crippen molar-refractivity contribution in [3.63, 3.8) is 0 Å². The van der Waals surface area contributed by atoms with Crippen molar-refractivity contribution >= 4 is 5.91 Å². The van der Waals surface area contributed by atoms with Crippen molar-refractivity contribution in [3.8, 4) is 5.75 Å². The lowest BCUT2D eigenvalue weighted by Gasteiger charge is -2.31. The number of piperidine rings is 1. The van der Waals surface area contributed by atoms with Gasteiger partial charge < -0.3 is 10.0 Å². The van der Waals surface area contributed by atoms with Crippen molar-refractivity contribution in [2.45, 2.75) is 24.7 Å². The molecule has 0 atom stereocenters. The number of likely N-dealkylation sites (tertiary alicyclic amines) is 1. The van der Waals surface area contributed by atoms with Crippen LogP contribution in [0.4, 0.5) is 22.0 Å². The third-order valence-electron chi connectivity index (χ3n) is 4.63. The number of hydrogen-bond acceptors (Lipinski definition) is 2. The lowest BCUT2D eigenvalue weighted by Crippen LogP contribution is -2.41. The van der Waals surface area contributed by atoms with Gasteiger partial charge in [-0.25, -0.2) is 4.39 Å². The first kappa shape index (κ1) is 15.1.